The van der Waals surface area contributed by atoms with Crippen LogP contribution < -0.4 is 0 Å². The van der Waals surface area contributed by atoms with E-state index in [2.05, 4.69) is 4.74 Å². The number of aliphatic hydroxyl groups excluding tert-OH is 4. The van der Waals surface area contributed by atoms with Crippen LogP contribution in [0.4, 0.5) is 0 Å². The molecule has 0 aromatic carbocycles. The molecular weight excluding hydrogens is 180 g/mol. The molecule has 0 saturated carbocycles. The van der Waals surface area contributed by atoms with Gasteiger partial charge in [-0.3, -0.25) is 0 Å². The normalized spacial score (nSPS) is 48.9. The molecule has 0 radical (unpaired) electrons. The van der Waals surface area contributed by atoms with Gasteiger partial charge in [-0.15, -0.1) is 0 Å². The maximum atomic E-state index is 9.51. The van der Waals surface area contributed by atoms with Gasteiger partial charge in [0.15, 0.2) is 0 Å². The highest BCUT2D eigenvalue weighted by molar-refractivity contribution is 4.94. The summed E-state index contributed by atoms with van der Waals surface area (Å²) in [6.07, 6.45) is -5.86. The van der Waals surface area contributed by atoms with Gasteiger partial charge in [-0.1, -0.05) is 0 Å². The Balaban J connectivity index is 2.79. The van der Waals surface area contributed by atoms with Crippen LogP contribution in [-0.4, -0.2) is 62.3 Å². The molecule has 1 aliphatic heterocycles. The SMILES string of the molecule is CC(O)[C@@]1(O)OC[C@@H](O)[C@@H](O)[C@H]1O. The second-order valence-electron chi connectivity index (χ2n) is 3.24. The molecule has 1 saturated heterocycles. The van der Waals surface area contributed by atoms with E-state index in [0.29, 0.717) is 0 Å². The van der Waals surface area contributed by atoms with Gasteiger partial charge < -0.3 is 30.3 Å². The zero-order valence-corrected chi connectivity index (χ0v) is 7.16. The van der Waals surface area contributed by atoms with Gasteiger partial charge in [0.25, 0.3) is 0 Å². The van der Waals surface area contributed by atoms with Gasteiger partial charge in [-0.2, -0.15) is 0 Å². The van der Waals surface area contributed by atoms with Crippen molar-refractivity contribution in [3.8, 4) is 0 Å². The van der Waals surface area contributed by atoms with Crippen molar-refractivity contribution >= 4 is 0 Å². The van der Waals surface area contributed by atoms with E-state index >= 15 is 0 Å². The van der Waals surface area contributed by atoms with Crippen LogP contribution >= 0.6 is 0 Å². The molecule has 6 heteroatoms. The summed E-state index contributed by atoms with van der Waals surface area (Å²) in [5.41, 5.74) is 0. The van der Waals surface area contributed by atoms with Crippen LogP contribution in [0.5, 0.6) is 0 Å². The molecule has 1 unspecified atom stereocenters. The van der Waals surface area contributed by atoms with Crippen LogP contribution in [0.1, 0.15) is 6.92 Å². The maximum absolute atomic E-state index is 9.51. The van der Waals surface area contributed by atoms with E-state index in [1.807, 2.05) is 0 Å². The third kappa shape index (κ3) is 1.69. The fourth-order valence-corrected chi connectivity index (χ4v) is 1.23. The van der Waals surface area contributed by atoms with E-state index in [0.717, 1.165) is 0 Å². The Morgan fingerprint density at radius 2 is 1.92 bits per heavy atom. The van der Waals surface area contributed by atoms with Crippen molar-refractivity contribution in [3.05, 3.63) is 0 Å². The molecule has 5 atom stereocenters. The monoisotopic (exact) mass is 194 g/mol. The summed E-state index contributed by atoms with van der Waals surface area (Å²) < 4.78 is 4.67. The summed E-state index contributed by atoms with van der Waals surface area (Å²) >= 11 is 0. The third-order valence-corrected chi connectivity index (χ3v) is 2.23. The van der Waals surface area contributed by atoms with Crippen molar-refractivity contribution in [2.24, 2.45) is 0 Å². The quantitative estimate of drug-likeness (QED) is 0.308. The molecule has 0 amide bonds. The molecule has 0 aromatic heterocycles. The van der Waals surface area contributed by atoms with Crippen molar-refractivity contribution in [3.63, 3.8) is 0 Å². The van der Waals surface area contributed by atoms with Crippen molar-refractivity contribution < 1.29 is 30.3 Å². The second-order valence-corrected chi connectivity index (χ2v) is 3.24. The van der Waals surface area contributed by atoms with Crippen molar-refractivity contribution in [1.82, 2.24) is 0 Å². The van der Waals surface area contributed by atoms with E-state index in [9.17, 15) is 15.3 Å². The Morgan fingerprint density at radius 1 is 1.38 bits per heavy atom. The predicted molar refractivity (Wildman–Crippen MR) is 40.6 cm³/mol. The first-order valence-corrected chi connectivity index (χ1v) is 3.98. The molecular formula is C7H14O6. The largest absolute Gasteiger partial charge is 0.388 e. The summed E-state index contributed by atoms with van der Waals surface area (Å²) in [4.78, 5) is 0. The zero-order valence-electron chi connectivity index (χ0n) is 7.16. The van der Waals surface area contributed by atoms with Crippen molar-refractivity contribution in [1.29, 1.82) is 0 Å². The molecule has 13 heavy (non-hydrogen) atoms. The number of ether oxygens (including phenoxy) is 1. The van der Waals surface area contributed by atoms with Crippen LogP contribution in [0.3, 0.4) is 0 Å². The minimum absolute atomic E-state index is 0.334. The Labute approximate surface area is 75.0 Å². The van der Waals surface area contributed by atoms with E-state index < -0.39 is 30.2 Å². The molecule has 6 nitrogen and oxygen atoms in total. The fraction of sp³-hybridized carbons (Fsp3) is 1.00. The van der Waals surface area contributed by atoms with E-state index in [1.54, 1.807) is 0 Å². The van der Waals surface area contributed by atoms with E-state index in [4.69, 9.17) is 10.2 Å². The molecule has 1 heterocycles. The summed E-state index contributed by atoms with van der Waals surface area (Å²) in [5.74, 6) is -2.21. The smallest absolute Gasteiger partial charge is 0.221 e. The van der Waals surface area contributed by atoms with Gasteiger partial charge in [-0.05, 0) is 6.92 Å². The Kier molecular flexibility index (Phi) is 2.91. The Morgan fingerprint density at radius 3 is 2.38 bits per heavy atom. The zero-order chi connectivity index (χ0) is 10.2. The lowest BCUT2D eigenvalue weighted by molar-refractivity contribution is -0.348. The fourth-order valence-electron chi connectivity index (χ4n) is 1.23. The molecule has 1 fully saturated rings. The number of aliphatic hydroxyl groups is 5. The van der Waals surface area contributed by atoms with Gasteiger partial charge in [-0.25, -0.2) is 0 Å². The number of rotatable bonds is 1. The molecule has 1 aliphatic rings. The first-order valence-electron chi connectivity index (χ1n) is 3.98. The number of hydrogen-bond acceptors (Lipinski definition) is 6. The van der Waals surface area contributed by atoms with Gasteiger partial charge in [0.2, 0.25) is 5.79 Å². The molecule has 0 aromatic rings. The van der Waals surface area contributed by atoms with Crippen LogP contribution in [0, 0.1) is 0 Å². The van der Waals surface area contributed by atoms with Gasteiger partial charge >= 0.3 is 0 Å². The average molecular weight is 194 g/mol. The van der Waals surface area contributed by atoms with Crippen LogP contribution in [0.15, 0.2) is 0 Å². The Bertz CT molecular complexity index is 184. The average Bonchev–Trinajstić information content (AvgIpc) is 2.08. The van der Waals surface area contributed by atoms with Gasteiger partial charge in [0.1, 0.15) is 24.4 Å². The highest BCUT2D eigenvalue weighted by Gasteiger charge is 2.51. The summed E-state index contributed by atoms with van der Waals surface area (Å²) in [6.45, 7) is 0.882. The van der Waals surface area contributed by atoms with Gasteiger partial charge in [0.05, 0.1) is 6.61 Å². The molecule has 0 spiro atoms. The van der Waals surface area contributed by atoms with Crippen LogP contribution in [-0.2, 0) is 4.74 Å². The lowest BCUT2D eigenvalue weighted by Gasteiger charge is -2.43. The molecule has 1 rings (SSSR count). The topological polar surface area (TPSA) is 110 Å². The van der Waals surface area contributed by atoms with Crippen molar-refractivity contribution in [2.45, 2.75) is 37.1 Å². The first kappa shape index (κ1) is 10.8. The van der Waals surface area contributed by atoms with Crippen molar-refractivity contribution in [2.75, 3.05) is 6.61 Å². The van der Waals surface area contributed by atoms with E-state index in [-0.39, 0.29) is 6.61 Å². The maximum Gasteiger partial charge on any atom is 0.221 e. The second kappa shape index (κ2) is 3.49. The lowest BCUT2D eigenvalue weighted by Crippen LogP contribution is -2.65. The van der Waals surface area contributed by atoms with Crippen LogP contribution in [0.2, 0.25) is 0 Å². The summed E-state index contributed by atoms with van der Waals surface area (Å²) in [7, 11) is 0. The number of hydrogen-bond donors (Lipinski definition) is 5. The Hall–Kier alpha value is -0.240. The first-order chi connectivity index (χ1) is 5.89. The molecule has 78 valence electrons. The standard InChI is InChI=1S/C7H14O6/c1-3(8)7(12)6(11)5(10)4(9)2-13-7/h3-6,8-12H,2H2,1H3/t3?,4-,5-,6-,7-/m1/s1. The van der Waals surface area contributed by atoms with Crippen LogP contribution in [0.25, 0.3) is 0 Å². The molecule has 0 bridgehead atoms. The summed E-state index contributed by atoms with van der Waals surface area (Å²) in [6, 6.07) is 0. The predicted octanol–water partition coefficient (Wildman–Crippen LogP) is -2.83. The van der Waals surface area contributed by atoms with Gasteiger partial charge in [0, 0.05) is 0 Å². The highest BCUT2D eigenvalue weighted by Crippen LogP contribution is 2.26. The minimum atomic E-state index is -2.21. The van der Waals surface area contributed by atoms with E-state index in [1.165, 1.54) is 6.92 Å². The molecule has 0 aliphatic carbocycles. The lowest BCUT2D eigenvalue weighted by atomic mass is 9.93. The third-order valence-electron chi connectivity index (χ3n) is 2.23. The molecule has 5 N–H and O–H groups in total. The summed E-state index contributed by atoms with van der Waals surface area (Å²) in [5, 5.41) is 46.1. The minimum Gasteiger partial charge on any atom is -0.388 e. The highest BCUT2D eigenvalue weighted by atomic mass is 16.7.